The fourth-order valence-electron chi connectivity index (χ4n) is 0.136. The van der Waals surface area contributed by atoms with Crippen LogP contribution in [0.4, 0.5) is 0 Å². The molecule has 7 heavy (non-hydrogen) atoms. The van der Waals surface area contributed by atoms with Gasteiger partial charge in [-0.1, -0.05) is 5.70 Å². The predicted molar refractivity (Wildman–Crippen MR) is 31.3 cm³/mol. The molecule has 0 aromatic rings. The van der Waals surface area contributed by atoms with Crippen molar-refractivity contribution in [2.75, 3.05) is 0 Å². The minimum Gasteiger partial charge on any atom is -0.247 e. The van der Waals surface area contributed by atoms with Crippen LogP contribution in [0.15, 0.2) is 16.9 Å². The van der Waals surface area contributed by atoms with Gasteiger partial charge in [0.25, 0.3) is 0 Å². The molecule has 0 saturated heterocycles. The lowest BCUT2D eigenvalue weighted by Gasteiger charge is -1.82. The molecule has 0 fully saturated rings. The maximum atomic E-state index is 9.47. The van der Waals surface area contributed by atoms with Crippen molar-refractivity contribution < 1.29 is 4.79 Å². The van der Waals surface area contributed by atoms with Crippen LogP contribution in [0.1, 0.15) is 0 Å². The highest BCUT2D eigenvalue weighted by molar-refractivity contribution is 6.61. The fraction of sp³-hybridized carbons (Fsp3) is 0.250. The van der Waals surface area contributed by atoms with E-state index in [0.29, 0.717) is 0 Å². The molecule has 0 aliphatic carbocycles. The zero-order valence-corrected chi connectivity index (χ0v) is 5.37. The van der Waals surface area contributed by atoms with Crippen molar-refractivity contribution in [2.24, 2.45) is 4.66 Å². The van der Waals surface area contributed by atoms with Crippen molar-refractivity contribution in [3.8, 4) is 0 Å². The van der Waals surface area contributed by atoms with Gasteiger partial charge in [0.2, 0.25) is 15.0 Å². The second kappa shape index (κ2) is 3.52. The van der Waals surface area contributed by atoms with Crippen molar-refractivity contribution in [1.29, 1.82) is 0 Å². The van der Waals surface area contributed by atoms with E-state index < -0.39 is 8.96 Å². The number of carbonyl (C=O) groups excluding carboxylic acids is 1. The molecule has 0 N–H and O–H groups in total. The van der Waals surface area contributed by atoms with E-state index in [1.807, 2.05) is 6.55 Å². The van der Waals surface area contributed by atoms with E-state index in [0.717, 1.165) is 0 Å². The summed E-state index contributed by atoms with van der Waals surface area (Å²) in [6.07, 6.45) is 1.48. The third kappa shape index (κ3) is 3.16. The molecule has 1 atom stereocenters. The van der Waals surface area contributed by atoms with Crippen molar-refractivity contribution >= 4 is 15.0 Å². The Kier molecular flexibility index (Phi) is 3.19. The molecule has 0 bridgehead atoms. The van der Waals surface area contributed by atoms with Crippen LogP contribution in [0.3, 0.4) is 0 Å². The van der Waals surface area contributed by atoms with Gasteiger partial charge in [0, 0.05) is 0 Å². The molecule has 0 aromatic heterocycles. The Hall–Kier alpha value is -0.663. The summed E-state index contributed by atoms with van der Waals surface area (Å²) in [6, 6.07) is 0. The lowest BCUT2D eigenvalue weighted by Crippen LogP contribution is -1.94. The maximum absolute atomic E-state index is 9.47. The Labute approximate surface area is 44.3 Å². The van der Waals surface area contributed by atoms with Gasteiger partial charge in [-0.15, -0.1) is 6.58 Å². The van der Waals surface area contributed by atoms with Crippen LogP contribution in [-0.2, 0) is 4.79 Å². The van der Waals surface area contributed by atoms with E-state index in [1.165, 1.54) is 6.08 Å². The normalized spacial score (nSPS) is 11.6. The van der Waals surface area contributed by atoms with E-state index in [4.69, 9.17) is 0 Å². The van der Waals surface area contributed by atoms with Gasteiger partial charge in [-0.3, -0.25) is 0 Å². The standard InChI is InChI=1S/C4H7NOSi/c1-3-7(2)5-4-6/h3,7H,1H2,2H3. The first kappa shape index (κ1) is 6.34. The summed E-state index contributed by atoms with van der Waals surface area (Å²) in [5.74, 6) is 0. The minimum absolute atomic E-state index is 1.22. The molecular weight excluding hydrogens is 106 g/mol. The van der Waals surface area contributed by atoms with Crippen molar-refractivity contribution in [3.05, 3.63) is 12.3 Å². The molecule has 0 saturated carbocycles. The van der Waals surface area contributed by atoms with Crippen LogP contribution in [-0.4, -0.2) is 15.0 Å². The van der Waals surface area contributed by atoms with Crippen molar-refractivity contribution in [1.82, 2.24) is 0 Å². The fourth-order valence-corrected chi connectivity index (χ4v) is 0.408. The number of rotatable bonds is 2. The summed E-state index contributed by atoms with van der Waals surface area (Å²) < 4.78 is 3.46. The number of nitrogens with zero attached hydrogens (tertiary/aromatic N) is 1. The SMILES string of the molecule is C=C[SiH](C)N=C=O. The van der Waals surface area contributed by atoms with Gasteiger partial charge in [0.1, 0.15) is 0 Å². The molecule has 1 unspecified atom stereocenters. The number of isocyanates is 1. The molecule has 3 heteroatoms. The average Bonchev–Trinajstić information content (AvgIpc) is 1.68. The van der Waals surface area contributed by atoms with Crippen LogP contribution < -0.4 is 0 Å². The van der Waals surface area contributed by atoms with Crippen LogP contribution in [0.5, 0.6) is 0 Å². The highest BCUT2D eigenvalue weighted by Gasteiger charge is 1.88. The summed E-state index contributed by atoms with van der Waals surface area (Å²) in [7, 11) is -1.22. The van der Waals surface area contributed by atoms with E-state index in [9.17, 15) is 4.79 Å². The second-order valence-corrected chi connectivity index (χ2v) is 3.41. The van der Waals surface area contributed by atoms with Crippen LogP contribution in [0.25, 0.3) is 0 Å². The van der Waals surface area contributed by atoms with Gasteiger partial charge in [0.05, 0.1) is 0 Å². The van der Waals surface area contributed by atoms with Crippen molar-refractivity contribution in [3.63, 3.8) is 0 Å². The second-order valence-electron chi connectivity index (χ2n) is 1.20. The highest BCUT2D eigenvalue weighted by Crippen LogP contribution is 1.78. The van der Waals surface area contributed by atoms with Crippen LogP contribution in [0, 0.1) is 0 Å². The van der Waals surface area contributed by atoms with Crippen LogP contribution in [0.2, 0.25) is 6.55 Å². The maximum Gasteiger partial charge on any atom is 0.224 e. The molecule has 0 rings (SSSR count). The lowest BCUT2D eigenvalue weighted by atomic mass is 11.3. The molecule has 0 spiro atoms. The Bertz CT molecular complexity index is 106. The van der Waals surface area contributed by atoms with Crippen molar-refractivity contribution in [2.45, 2.75) is 6.55 Å². The molecule has 2 nitrogen and oxygen atoms in total. The molecule has 38 valence electrons. The molecule has 0 aliphatic heterocycles. The van der Waals surface area contributed by atoms with Gasteiger partial charge < -0.3 is 0 Å². The molecule has 0 aliphatic rings. The largest absolute Gasteiger partial charge is 0.247 e. The van der Waals surface area contributed by atoms with Crippen LogP contribution >= 0.6 is 0 Å². The first-order chi connectivity index (χ1) is 3.31. The van der Waals surface area contributed by atoms with Gasteiger partial charge in [-0.05, 0) is 6.55 Å². The van der Waals surface area contributed by atoms with E-state index in [2.05, 4.69) is 11.2 Å². The molecule has 0 radical (unpaired) electrons. The Morgan fingerprint density at radius 3 is 2.71 bits per heavy atom. The zero-order valence-electron chi connectivity index (χ0n) is 4.22. The monoisotopic (exact) mass is 113 g/mol. The van der Waals surface area contributed by atoms with Gasteiger partial charge in [-0.2, -0.15) is 0 Å². The molecule has 0 amide bonds. The number of hydrogen-bond acceptors (Lipinski definition) is 2. The Morgan fingerprint density at radius 2 is 2.57 bits per heavy atom. The summed E-state index contributed by atoms with van der Waals surface area (Å²) >= 11 is 0. The summed E-state index contributed by atoms with van der Waals surface area (Å²) in [5.41, 5.74) is 1.71. The summed E-state index contributed by atoms with van der Waals surface area (Å²) in [4.78, 5) is 9.47. The van der Waals surface area contributed by atoms with Gasteiger partial charge in [0.15, 0.2) is 0 Å². The van der Waals surface area contributed by atoms with Gasteiger partial charge in [-0.25, -0.2) is 9.45 Å². The zero-order chi connectivity index (χ0) is 5.70. The molecule has 0 aromatic carbocycles. The Balaban J connectivity index is 3.56. The van der Waals surface area contributed by atoms with Gasteiger partial charge >= 0.3 is 0 Å². The highest BCUT2D eigenvalue weighted by atomic mass is 28.3. The number of hydrogen-bond donors (Lipinski definition) is 0. The first-order valence-electron chi connectivity index (χ1n) is 2.00. The average molecular weight is 113 g/mol. The van der Waals surface area contributed by atoms with E-state index in [1.54, 1.807) is 5.70 Å². The first-order valence-corrected chi connectivity index (χ1v) is 4.34. The lowest BCUT2D eigenvalue weighted by molar-refractivity contribution is 0.566. The minimum atomic E-state index is -1.22. The quantitative estimate of drug-likeness (QED) is 0.289. The van der Waals surface area contributed by atoms with E-state index in [-0.39, 0.29) is 0 Å². The summed E-state index contributed by atoms with van der Waals surface area (Å²) in [6.45, 7) is 5.37. The summed E-state index contributed by atoms with van der Waals surface area (Å²) in [5, 5.41) is 0. The Morgan fingerprint density at radius 1 is 2.00 bits per heavy atom. The third-order valence-electron chi connectivity index (χ3n) is 0.597. The third-order valence-corrected chi connectivity index (χ3v) is 1.79. The predicted octanol–water partition coefficient (Wildman–Crippen LogP) is 0.401. The topological polar surface area (TPSA) is 29.4 Å². The smallest absolute Gasteiger partial charge is 0.224 e. The van der Waals surface area contributed by atoms with E-state index >= 15 is 0 Å². The molecular formula is C4H7NOSi. The molecule has 0 heterocycles.